The lowest BCUT2D eigenvalue weighted by molar-refractivity contribution is 0.183. The van der Waals surface area contributed by atoms with Crippen LogP contribution < -0.4 is 10.9 Å². The van der Waals surface area contributed by atoms with Crippen molar-refractivity contribution in [3.05, 3.63) is 33.2 Å². The summed E-state index contributed by atoms with van der Waals surface area (Å²) in [6, 6.07) is 2.08. The van der Waals surface area contributed by atoms with Crippen LogP contribution >= 0.6 is 0 Å². The van der Waals surface area contributed by atoms with Gasteiger partial charge >= 0.3 is 0 Å². The number of ether oxygens (including phenoxy) is 1. The highest BCUT2D eigenvalue weighted by Crippen LogP contribution is 2.17. The van der Waals surface area contributed by atoms with Crippen molar-refractivity contribution < 1.29 is 4.74 Å². The third kappa shape index (κ3) is 3.29. The standard InChI is InChI=1S/C15H25N3O2/c1-4-16-10-12-9-13-11-17(2)6-5-14(13)18(15(12)19)7-8-20-3/h9,16H,4-8,10-11H2,1-3H3. The number of methoxy groups -OCH3 is 1. The number of pyridine rings is 1. The van der Waals surface area contributed by atoms with Crippen molar-refractivity contribution in [3.8, 4) is 0 Å². The molecule has 0 amide bonds. The fraction of sp³-hybridized carbons (Fsp3) is 0.667. The van der Waals surface area contributed by atoms with E-state index in [0.29, 0.717) is 19.7 Å². The minimum absolute atomic E-state index is 0.131. The lowest BCUT2D eigenvalue weighted by atomic mass is 10.0. The van der Waals surface area contributed by atoms with Crippen LogP contribution in [0.2, 0.25) is 0 Å². The Balaban J connectivity index is 2.40. The molecular weight excluding hydrogens is 254 g/mol. The highest BCUT2D eigenvalue weighted by Gasteiger charge is 2.19. The van der Waals surface area contributed by atoms with Crippen molar-refractivity contribution in [2.45, 2.75) is 33.0 Å². The largest absolute Gasteiger partial charge is 0.383 e. The molecule has 0 unspecified atom stereocenters. The summed E-state index contributed by atoms with van der Waals surface area (Å²) < 4.78 is 7.06. The zero-order valence-corrected chi connectivity index (χ0v) is 12.7. The molecular formula is C15H25N3O2. The molecule has 0 radical (unpaired) electrons. The van der Waals surface area contributed by atoms with E-state index in [1.165, 1.54) is 11.3 Å². The Hall–Kier alpha value is -1.17. The first kappa shape index (κ1) is 15.2. The summed E-state index contributed by atoms with van der Waals surface area (Å²) in [4.78, 5) is 14.9. The van der Waals surface area contributed by atoms with E-state index >= 15 is 0 Å². The Morgan fingerprint density at radius 2 is 2.25 bits per heavy atom. The molecule has 2 heterocycles. The fourth-order valence-corrected chi connectivity index (χ4v) is 2.73. The van der Waals surface area contributed by atoms with Crippen LogP contribution in [0.5, 0.6) is 0 Å². The van der Waals surface area contributed by atoms with Gasteiger partial charge in [-0.1, -0.05) is 6.92 Å². The first-order valence-electron chi connectivity index (χ1n) is 7.30. The Bertz CT molecular complexity index is 511. The van der Waals surface area contributed by atoms with E-state index in [9.17, 15) is 4.79 Å². The second-order valence-electron chi connectivity index (χ2n) is 5.36. The van der Waals surface area contributed by atoms with Gasteiger partial charge in [0.25, 0.3) is 5.56 Å². The van der Waals surface area contributed by atoms with Gasteiger partial charge in [0, 0.05) is 51.0 Å². The summed E-state index contributed by atoms with van der Waals surface area (Å²) in [5, 5.41) is 3.25. The third-order valence-electron chi connectivity index (χ3n) is 3.82. The number of nitrogens with zero attached hydrogens (tertiary/aromatic N) is 2. The van der Waals surface area contributed by atoms with E-state index in [-0.39, 0.29) is 5.56 Å². The van der Waals surface area contributed by atoms with Gasteiger partial charge in [-0.3, -0.25) is 4.79 Å². The normalized spacial score (nSPS) is 15.3. The second kappa shape index (κ2) is 7.02. The molecule has 1 N–H and O–H groups in total. The second-order valence-corrected chi connectivity index (χ2v) is 5.36. The van der Waals surface area contributed by atoms with Crippen molar-refractivity contribution in [1.29, 1.82) is 0 Å². The van der Waals surface area contributed by atoms with E-state index < -0.39 is 0 Å². The summed E-state index contributed by atoms with van der Waals surface area (Å²) in [5.74, 6) is 0. The van der Waals surface area contributed by atoms with Gasteiger partial charge in [0.15, 0.2) is 0 Å². The molecule has 0 bridgehead atoms. The van der Waals surface area contributed by atoms with Gasteiger partial charge in [-0.25, -0.2) is 0 Å². The van der Waals surface area contributed by atoms with E-state index in [4.69, 9.17) is 4.74 Å². The molecule has 0 spiro atoms. The summed E-state index contributed by atoms with van der Waals surface area (Å²) in [6.07, 6.45) is 0.937. The van der Waals surface area contributed by atoms with Gasteiger partial charge in [-0.05, 0) is 25.2 Å². The average molecular weight is 279 g/mol. The van der Waals surface area contributed by atoms with Crippen LogP contribution in [0.1, 0.15) is 23.7 Å². The van der Waals surface area contributed by atoms with E-state index in [0.717, 1.165) is 31.6 Å². The molecule has 1 aromatic heterocycles. The van der Waals surface area contributed by atoms with Crippen LogP contribution in [0.3, 0.4) is 0 Å². The van der Waals surface area contributed by atoms with Crippen molar-refractivity contribution in [1.82, 2.24) is 14.8 Å². The molecule has 0 saturated carbocycles. The van der Waals surface area contributed by atoms with Gasteiger partial charge in [0.1, 0.15) is 0 Å². The average Bonchev–Trinajstić information content (AvgIpc) is 2.44. The first-order chi connectivity index (χ1) is 9.67. The Morgan fingerprint density at radius 3 is 2.95 bits per heavy atom. The number of aromatic nitrogens is 1. The van der Waals surface area contributed by atoms with Crippen molar-refractivity contribution in [3.63, 3.8) is 0 Å². The number of hydrogen-bond acceptors (Lipinski definition) is 4. The molecule has 20 heavy (non-hydrogen) atoms. The highest BCUT2D eigenvalue weighted by molar-refractivity contribution is 5.29. The molecule has 1 aliphatic heterocycles. The molecule has 1 aliphatic rings. The monoisotopic (exact) mass is 279 g/mol. The molecule has 0 aliphatic carbocycles. The zero-order chi connectivity index (χ0) is 14.5. The van der Waals surface area contributed by atoms with Gasteiger partial charge in [0.05, 0.1) is 6.61 Å². The molecule has 112 valence electrons. The summed E-state index contributed by atoms with van der Waals surface area (Å²) in [7, 11) is 3.80. The minimum atomic E-state index is 0.131. The van der Waals surface area contributed by atoms with Crippen molar-refractivity contribution in [2.24, 2.45) is 0 Å². The lowest BCUT2D eigenvalue weighted by Crippen LogP contribution is -2.37. The predicted molar refractivity (Wildman–Crippen MR) is 80.0 cm³/mol. The van der Waals surface area contributed by atoms with Crippen LogP contribution in [0, 0.1) is 0 Å². The van der Waals surface area contributed by atoms with Gasteiger partial charge in [-0.15, -0.1) is 0 Å². The molecule has 0 aromatic carbocycles. The molecule has 0 saturated heterocycles. The Kier molecular flexibility index (Phi) is 5.34. The van der Waals surface area contributed by atoms with Gasteiger partial charge in [-0.2, -0.15) is 0 Å². The number of hydrogen-bond donors (Lipinski definition) is 1. The maximum Gasteiger partial charge on any atom is 0.255 e. The quantitative estimate of drug-likeness (QED) is 0.828. The van der Waals surface area contributed by atoms with E-state index in [1.54, 1.807) is 7.11 Å². The Labute approximate surface area is 120 Å². The molecule has 5 heteroatoms. The minimum Gasteiger partial charge on any atom is -0.383 e. The van der Waals surface area contributed by atoms with Crippen molar-refractivity contribution in [2.75, 3.05) is 33.9 Å². The van der Waals surface area contributed by atoms with E-state index in [1.807, 2.05) is 4.57 Å². The lowest BCUT2D eigenvalue weighted by Gasteiger charge is -2.28. The summed E-state index contributed by atoms with van der Waals surface area (Å²) in [5.41, 5.74) is 3.45. The van der Waals surface area contributed by atoms with E-state index in [2.05, 4.69) is 30.3 Å². The molecule has 0 atom stereocenters. The van der Waals surface area contributed by atoms with Crippen LogP contribution in [-0.2, 0) is 30.8 Å². The topological polar surface area (TPSA) is 46.5 Å². The van der Waals surface area contributed by atoms with Crippen LogP contribution in [0.4, 0.5) is 0 Å². The Morgan fingerprint density at radius 1 is 1.45 bits per heavy atom. The van der Waals surface area contributed by atoms with Gasteiger partial charge in [0.2, 0.25) is 0 Å². The number of fused-ring (bicyclic) bond motifs is 1. The maximum absolute atomic E-state index is 12.6. The smallest absolute Gasteiger partial charge is 0.255 e. The predicted octanol–water partition coefficient (Wildman–Crippen LogP) is 0.592. The summed E-state index contributed by atoms with van der Waals surface area (Å²) in [6.45, 7) is 6.70. The zero-order valence-electron chi connectivity index (χ0n) is 12.7. The molecule has 5 nitrogen and oxygen atoms in total. The van der Waals surface area contributed by atoms with Crippen molar-refractivity contribution >= 4 is 0 Å². The molecule has 2 rings (SSSR count). The number of nitrogens with one attached hydrogen (secondary N) is 1. The van der Waals surface area contributed by atoms with Crippen LogP contribution in [-0.4, -0.2) is 43.3 Å². The van der Waals surface area contributed by atoms with Crippen LogP contribution in [0.25, 0.3) is 0 Å². The fourth-order valence-electron chi connectivity index (χ4n) is 2.73. The van der Waals surface area contributed by atoms with Gasteiger partial charge < -0.3 is 19.5 Å². The molecule has 0 fully saturated rings. The number of likely N-dealkylation sites (N-methyl/N-ethyl adjacent to an activating group) is 1. The van der Waals surface area contributed by atoms with Crippen LogP contribution in [0.15, 0.2) is 10.9 Å². The number of rotatable bonds is 6. The molecule has 1 aromatic rings. The summed E-state index contributed by atoms with van der Waals surface area (Å²) >= 11 is 0. The first-order valence-corrected chi connectivity index (χ1v) is 7.30. The SMILES string of the molecule is CCNCc1cc2c(n(CCOC)c1=O)CCN(C)C2. The highest BCUT2D eigenvalue weighted by atomic mass is 16.5. The third-order valence-corrected chi connectivity index (χ3v) is 3.82. The maximum atomic E-state index is 12.6.